The van der Waals surface area contributed by atoms with Gasteiger partial charge in [-0.1, -0.05) is 78.9 Å². The van der Waals surface area contributed by atoms with Gasteiger partial charge in [0.2, 0.25) is 5.91 Å². The Morgan fingerprint density at radius 3 is 1.69 bits per heavy atom. The molecule has 29 heavy (non-hydrogen) atoms. The van der Waals surface area contributed by atoms with Crippen LogP contribution in [0.2, 0.25) is 0 Å². The van der Waals surface area contributed by atoms with Crippen molar-refractivity contribution >= 4 is 17.6 Å². The number of benzene rings is 3. The highest BCUT2D eigenvalue weighted by Gasteiger charge is 2.33. The molecule has 0 saturated carbocycles. The molecule has 0 saturated heterocycles. The van der Waals surface area contributed by atoms with E-state index in [0.717, 1.165) is 11.1 Å². The third-order valence-electron chi connectivity index (χ3n) is 4.76. The quantitative estimate of drug-likeness (QED) is 0.620. The van der Waals surface area contributed by atoms with E-state index >= 15 is 0 Å². The lowest BCUT2D eigenvalue weighted by atomic mass is 10.0. The van der Waals surface area contributed by atoms with Crippen molar-refractivity contribution in [2.24, 2.45) is 5.73 Å². The number of hydrogen-bond acceptors (Lipinski definition) is 3. The minimum absolute atomic E-state index is 0.189. The molecule has 0 aliphatic heterocycles. The van der Waals surface area contributed by atoms with E-state index in [1.807, 2.05) is 66.7 Å². The molecule has 0 fully saturated rings. The van der Waals surface area contributed by atoms with E-state index in [-0.39, 0.29) is 6.42 Å². The minimum Gasteiger partial charge on any atom is -0.480 e. The molecule has 0 bridgehead atoms. The van der Waals surface area contributed by atoms with E-state index in [1.54, 1.807) is 24.3 Å². The number of anilines is 1. The van der Waals surface area contributed by atoms with Gasteiger partial charge in [0.1, 0.15) is 6.04 Å². The molecule has 2 unspecified atom stereocenters. The number of para-hydroxylation sites is 1. The highest BCUT2D eigenvalue weighted by atomic mass is 16.4. The maximum absolute atomic E-state index is 13.3. The summed E-state index contributed by atoms with van der Waals surface area (Å²) in [4.78, 5) is 26.8. The van der Waals surface area contributed by atoms with E-state index in [1.165, 1.54) is 4.90 Å². The molecular formula is C24H24N2O3. The average Bonchev–Trinajstić information content (AvgIpc) is 2.75. The predicted molar refractivity (Wildman–Crippen MR) is 114 cm³/mol. The third kappa shape index (κ3) is 5.30. The molecule has 5 nitrogen and oxygen atoms in total. The number of aliphatic carboxylic acids is 1. The maximum atomic E-state index is 13.3. The lowest BCUT2D eigenvalue weighted by Gasteiger charge is -2.31. The van der Waals surface area contributed by atoms with Crippen LogP contribution in [-0.4, -0.2) is 29.1 Å². The number of rotatable bonds is 8. The smallest absolute Gasteiger partial charge is 0.327 e. The Morgan fingerprint density at radius 1 is 0.759 bits per heavy atom. The van der Waals surface area contributed by atoms with Crippen LogP contribution in [0.4, 0.5) is 5.69 Å². The van der Waals surface area contributed by atoms with Gasteiger partial charge in [-0.15, -0.1) is 0 Å². The maximum Gasteiger partial charge on any atom is 0.327 e. The molecule has 3 rings (SSSR count). The van der Waals surface area contributed by atoms with E-state index in [2.05, 4.69) is 0 Å². The first kappa shape index (κ1) is 20.3. The molecule has 0 aliphatic carbocycles. The van der Waals surface area contributed by atoms with Gasteiger partial charge in [0.25, 0.3) is 0 Å². The van der Waals surface area contributed by atoms with Crippen molar-refractivity contribution < 1.29 is 14.7 Å². The summed E-state index contributed by atoms with van der Waals surface area (Å²) in [5.74, 6) is -1.48. The Bertz CT molecular complexity index is 930. The zero-order valence-corrected chi connectivity index (χ0v) is 16.0. The second-order valence-corrected chi connectivity index (χ2v) is 6.88. The Hall–Kier alpha value is -3.44. The highest BCUT2D eigenvalue weighted by molar-refractivity contribution is 6.02. The molecule has 0 radical (unpaired) electrons. The highest BCUT2D eigenvalue weighted by Crippen LogP contribution is 2.21. The lowest BCUT2D eigenvalue weighted by molar-refractivity contribution is -0.140. The zero-order chi connectivity index (χ0) is 20.6. The number of carboxylic acids is 1. The van der Waals surface area contributed by atoms with Crippen LogP contribution in [0.5, 0.6) is 0 Å². The van der Waals surface area contributed by atoms with Crippen LogP contribution in [0.1, 0.15) is 11.1 Å². The predicted octanol–water partition coefficient (Wildman–Crippen LogP) is 3.29. The van der Waals surface area contributed by atoms with Crippen LogP contribution in [0.25, 0.3) is 0 Å². The summed E-state index contributed by atoms with van der Waals surface area (Å²) in [6.07, 6.45) is 0.523. The number of amides is 1. The normalized spacial score (nSPS) is 12.7. The number of hydrogen-bond donors (Lipinski definition) is 2. The molecule has 0 heterocycles. The number of carbonyl (C=O) groups is 2. The fraction of sp³-hybridized carbons (Fsp3) is 0.167. The molecule has 3 aromatic carbocycles. The number of carboxylic acid groups (broad SMARTS) is 1. The van der Waals surface area contributed by atoms with Gasteiger partial charge in [-0.3, -0.25) is 9.69 Å². The van der Waals surface area contributed by atoms with Crippen molar-refractivity contribution in [2.45, 2.75) is 24.9 Å². The van der Waals surface area contributed by atoms with Crippen LogP contribution in [-0.2, 0) is 22.4 Å². The van der Waals surface area contributed by atoms with Gasteiger partial charge in [-0.2, -0.15) is 0 Å². The lowest BCUT2D eigenvalue weighted by Crippen LogP contribution is -2.53. The van der Waals surface area contributed by atoms with Crippen molar-refractivity contribution in [3.63, 3.8) is 0 Å². The molecule has 0 aliphatic rings. The van der Waals surface area contributed by atoms with Crippen LogP contribution < -0.4 is 10.6 Å². The second kappa shape index (κ2) is 9.66. The van der Waals surface area contributed by atoms with Crippen LogP contribution in [0, 0.1) is 0 Å². The zero-order valence-electron chi connectivity index (χ0n) is 16.0. The topological polar surface area (TPSA) is 83.6 Å². The van der Waals surface area contributed by atoms with Crippen molar-refractivity contribution in [1.82, 2.24) is 0 Å². The summed E-state index contributed by atoms with van der Waals surface area (Å²) in [5, 5.41) is 9.95. The Kier molecular flexibility index (Phi) is 6.76. The van der Waals surface area contributed by atoms with Crippen molar-refractivity contribution in [2.75, 3.05) is 4.90 Å². The van der Waals surface area contributed by atoms with Gasteiger partial charge < -0.3 is 10.8 Å². The molecule has 1 amide bonds. The molecule has 3 aromatic rings. The van der Waals surface area contributed by atoms with Gasteiger partial charge in [-0.25, -0.2) is 4.79 Å². The summed E-state index contributed by atoms with van der Waals surface area (Å²) in [5.41, 5.74) is 8.52. The summed E-state index contributed by atoms with van der Waals surface area (Å²) >= 11 is 0. The minimum atomic E-state index is -1.07. The third-order valence-corrected chi connectivity index (χ3v) is 4.76. The Balaban J connectivity index is 1.92. The number of carbonyl (C=O) groups excluding carboxylic acids is 1. The first-order valence-corrected chi connectivity index (χ1v) is 9.50. The molecule has 0 aromatic heterocycles. The summed E-state index contributed by atoms with van der Waals surface area (Å²) in [7, 11) is 0. The molecule has 0 spiro atoms. The van der Waals surface area contributed by atoms with Gasteiger partial charge in [-0.05, 0) is 29.7 Å². The van der Waals surface area contributed by atoms with E-state index in [4.69, 9.17) is 5.73 Å². The fourth-order valence-electron chi connectivity index (χ4n) is 3.31. The SMILES string of the molecule is NC(Cc1ccccc1)C(=O)N(c1ccccc1)C(Cc1ccccc1)C(=O)O. The standard InChI is InChI=1S/C24H24N2O3/c25-21(16-18-10-4-1-5-11-18)23(27)26(20-14-8-3-9-15-20)22(24(28)29)17-19-12-6-2-7-13-19/h1-15,21-22H,16-17,25H2,(H,28,29). The van der Waals surface area contributed by atoms with Gasteiger partial charge in [0.15, 0.2) is 0 Å². The van der Waals surface area contributed by atoms with Gasteiger partial charge in [0.05, 0.1) is 6.04 Å². The molecule has 148 valence electrons. The first-order chi connectivity index (χ1) is 14.1. The summed E-state index contributed by atoms with van der Waals surface area (Å²) in [6.45, 7) is 0. The summed E-state index contributed by atoms with van der Waals surface area (Å²) < 4.78 is 0. The molecule has 5 heteroatoms. The average molecular weight is 388 g/mol. The number of nitrogens with two attached hydrogens (primary N) is 1. The van der Waals surface area contributed by atoms with Crippen molar-refractivity contribution in [1.29, 1.82) is 0 Å². The van der Waals surface area contributed by atoms with Crippen LogP contribution in [0.3, 0.4) is 0 Å². The molecule has 3 N–H and O–H groups in total. The van der Waals surface area contributed by atoms with Crippen LogP contribution >= 0.6 is 0 Å². The second-order valence-electron chi connectivity index (χ2n) is 6.88. The van der Waals surface area contributed by atoms with Gasteiger partial charge >= 0.3 is 5.97 Å². The van der Waals surface area contributed by atoms with Crippen molar-refractivity contribution in [3.05, 3.63) is 102 Å². The van der Waals surface area contributed by atoms with E-state index in [0.29, 0.717) is 12.1 Å². The van der Waals surface area contributed by atoms with Crippen LogP contribution in [0.15, 0.2) is 91.0 Å². The first-order valence-electron chi connectivity index (χ1n) is 9.50. The summed E-state index contributed by atoms with van der Waals surface area (Å²) in [6, 6.07) is 25.7. The fourth-order valence-corrected chi connectivity index (χ4v) is 3.31. The largest absolute Gasteiger partial charge is 0.480 e. The Labute approximate surface area is 170 Å². The number of nitrogens with zero attached hydrogens (tertiary/aromatic N) is 1. The molecule has 2 atom stereocenters. The van der Waals surface area contributed by atoms with Crippen molar-refractivity contribution in [3.8, 4) is 0 Å². The molecular weight excluding hydrogens is 364 g/mol. The van der Waals surface area contributed by atoms with E-state index in [9.17, 15) is 14.7 Å². The Morgan fingerprint density at radius 2 is 1.21 bits per heavy atom. The van der Waals surface area contributed by atoms with E-state index < -0.39 is 24.0 Å². The van der Waals surface area contributed by atoms with Gasteiger partial charge in [0, 0.05) is 12.1 Å². The monoisotopic (exact) mass is 388 g/mol.